The normalized spacial score (nSPS) is 10.6. The van der Waals surface area contributed by atoms with Crippen molar-refractivity contribution in [1.29, 1.82) is 0 Å². The molecule has 0 radical (unpaired) electrons. The molecular formula is C6H10Cr2N4O7. The van der Waals surface area contributed by atoms with E-state index < -0.39 is 27.2 Å². The summed E-state index contributed by atoms with van der Waals surface area (Å²) in [5.74, 6) is 0. The number of H-pyrrole nitrogens is 4. The first-order valence-corrected chi connectivity index (χ1v) is 8.47. The number of aromatic nitrogens is 4. The average Bonchev–Trinajstić information content (AvgIpc) is 2.93. The first-order chi connectivity index (χ1) is 8.71. The second-order valence-corrected chi connectivity index (χ2v) is 6.15. The van der Waals surface area contributed by atoms with Gasteiger partial charge in [-0.3, -0.25) is 19.9 Å². The van der Waals surface area contributed by atoms with E-state index in [0.717, 1.165) is 0 Å². The molecule has 2 aromatic rings. The SMILES string of the molecule is [O]=[Cr](=[O])([O-])[O][Cr](=[O])(=[O])[O-].c1c[nH+]c[nH]1.c1c[nH+]c[nH]1. The Balaban J connectivity index is 0.000000273. The van der Waals surface area contributed by atoms with Gasteiger partial charge in [-0.2, -0.15) is 0 Å². The quantitative estimate of drug-likeness (QED) is 0.566. The minimum atomic E-state index is -6.07. The van der Waals surface area contributed by atoms with Gasteiger partial charge >= 0.3 is 53.6 Å². The van der Waals surface area contributed by atoms with Crippen LogP contribution in [-0.2, 0) is 45.3 Å². The molecule has 0 spiro atoms. The van der Waals surface area contributed by atoms with Gasteiger partial charge in [-0.1, -0.05) is 0 Å². The second kappa shape index (κ2) is 8.63. The summed E-state index contributed by atoms with van der Waals surface area (Å²) >= 11 is -12.1. The third-order valence-corrected chi connectivity index (χ3v) is 3.72. The Labute approximate surface area is 111 Å². The number of hydrogen-bond donors (Lipinski definition) is 2. The van der Waals surface area contributed by atoms with Crippen LogP contribution >= 0.6 is 0 Å². The van der Waals surface area contributed by atoms with Gasteiger partial charge in [0, 0.05) is 0 Å². The van der Waals surface area contributed by atoms with Crippen LogP contribution in [0.1, 0.15) is 0 Å². The number of rotatable bonds is 2. The molecule has 0 saturated heterocycles. The standard InChI is InChI=1S/2C3H4N2.2Cr.7O/c2*1-2-5-3-4-1;;;;;;;;;/h2*1-3H,(H,4,5);;;;;;;;;/q;;;;;;;;;2*-1/p+2. The molecule has 0 aliphatic rings. The van der Waals surface area contributed by atoms with Crippen LogP contribution in [-0.4, -0.2) is 9.97 Å². The molecule has 108 valence electrons. The molecule has 0 amide bonds. The molecular weight excluding hydrogens is 344 g/mol. The molecule has 13 heteroatoms. The molecule has 0 unspecified atom stereocenters. The minimum Gasteiger partial charge on any atom is -0.250 e. The van der Waals surface area contributed by atoms with Gasteiger partial charge in [0.05, 0.1) is 0 Å². The van der Waals surface area contributed by atoms with Crippen molar-refractivity contribution in [3.05, 3.63) is 37.4 Å². The molecule has 0 fully saturated rings. The molecule has 0 aliphatic carbocycles. The fraction of sp³-hybridized carbons (Fsp3) is 0. The predicted molar refractivity (Wildman–Crippen MR) is 38.5 cm³/mol. The van der Waals surface area contributed by atoms with Gasteiger partial charge in [0.2, 0.25) is 12.7 Å². The molecule has 2 heterocycles. The summed E-state index contributed by atoms with van der Waals surface area (Å²) in [6.07, 6.45) is 10.8. The zero-order chi connectivity index (χ0) is 14.8. The first kappa shape index (κ1) is 17.6. The van der Waals surface area contributed by atoms with E-state index in [-0.39, 0.29) is 0 Å². The second-order valence-electron chi connectivity index (χ2n) is 2.51. The maximum absolute atomic E-state index is 9.38. The molecule has 11 nitrogen and oxygen atoms in total. The summed E-state index contributed by atoms with van der Waals surface area (Å²) in [5, 5.41) is 0. The van der Waals surface area contributed by atoms with Crippen LogP contribution in [0.5, 0.6) is 0 Å². The van der Waals surface area contributed by atoms with Crippen molar-refractivity contribution >= 4 is 0 Å². The van der Waals surface area contributed by atoms with E-state index in [2.05, 4.69) is 22.8 Å². The summed E-state index contributed by atoms with van der Waals surface area (Å²) in [4.78, 5) is 11.2. The molecule has 2 rings (SSSR count). The summed E-state index contributed by atoms with van der Waals surface area (Å²) in [6, 6.07) is 0. The van der Waals surface area contributed by atoms with E-state index in [1.807, 2.05) is 24.8 Å². The van der Waals surface area contributed by atoms with Gasteiger partial charge in [0.15, 0.2) is 0 Å². The van der Waals surface area contributed by atoms with Crippen LogP contribution in [0.2, 0.25) is 0 Å². The van der Waals surface area contributed by atoms with E-state index in [0.29, 0.717) is 0 Å². The van der Waals surface area contributed by atoms with Crippen LogP contribution in [0.25, 0.3) is 0 Å². The van der Waals surface area contributed by atoms with Crippen molar-refractivity contribution < 1.29 is 63.6 Å². The van der Waals surface area contributed by atoms with Crippen molar-refractivity contribution in [3.63, 3.8) is 0 Å². The van der Waals surface area contributed by atoms with Gasteiger partial charge < -0.3 is 0 Å². The fourth-order valence-electron chi connectivity index (χ4n) is 0.583. The van der Waals surface area contributed by atoms with Gasteiger partial charge in [-0.05, 0) is 0 Å². The summed E-state index contributed by atoms with van der Waals surface area (Å²) in [6.45, 7) is 0. The largest absolute Gasteiger partial charge is 0.250 e. The van der Waals surface area contributed by atoms with Crippen LogP contribution in [0.15, 0.2) is 37.4 Å². The maximum Gasteiger partial charge on any atom is 0.239 e. The van der Waals surface area contributed by atoms with E-state index in [9.17, 15) is 23.5 Å². The molecule has 0 aromatic carbocycles. The zero-order valence-corrected chi connectivity index (χ0v) is 11.7. The summed E-state index contributed by atoms with van der Waals surface area (Å²) < 4.78 is 58.9. The first-order valence-electron chi connectivity index (χ1n) is 4.31. The topological polar surface area (TPSA) is 183 Å². The Bertz CT molecular complexity index is 514. The Morgan fingerprint density at radius 1 is 0.842 bits per heavy atom. The molecule has 4 N–H and O–H groups in total. The minimum absolute atomic E-state index is 1.75. The third-order valence-electron chi connectivity index (χ3n) is 1.05. The molecule has 0 bridgehead atoms. The predicted octanol–water partition coefficient (Wildman–Crippen LogP) is -3.27. The Hall–Kier alpha value is -1.44. The third kappa shape index (κ3) is 16.6. The number of imidazole rings is 2. The smallest absolute Gasteiger partial charge is 0.239 e. The van der Waals surface area contributed by atoms with Gasteiger partial charge in [-0.15, -0.1) is 0 Å². The van der Waals surface area contributed by atoms with Gasteiger partial charge in [0.1, 0.15) is 24.8 Å². The summed E-state index contributed by atoms with van der Waals surface area (Å²) in [7, 11) is 0. The van der Waals surface area contributed by atoms with Gasteiger partial charge in [0.25, 0.3) is 0 Å². The Kier molecular flexibility index (Phi) is 7.98. The molecule has 19 heavy (non-hydrogen) atoms. The summed E-state index contributed by atoms with van der Waals surface area (Å²) in [5.41, 5.74) is 0. The molecule has 0 saturated carbocycles. The average molecular weight is 354 g/mol. The molecule has 0 atom stereocenters. The number of hydrogen-bond acceptors (Lipinski definition) is 7. The van der Waals surface area contributed by atoms with Crippen LogP contribution in [0.4, 0.5) is 0 Å². The number of nitrogens with one attached hydrogen (secondary N) is 4. The van der Waals surface area contributed by atoms with Crippen molar-refractivity contribution in [2.45, 2.75) is 0 Å². The molecule has 0 aliphatic heterocycles. The van der Waals surface area contributed by atoms with Crippen molar-refractivity contribution in [2.24, 2.45) is 0 Å². The van der Waals surface area contributed by atoms with E-state index in [1.165, 1.54) is 0 Å². The van der Waals surface area contributed by atoms with Crippen LogP contribution < -0.4 is 18.3 Å². The van der Waals surface area contributed by atoms with Crippen LogP contribution in [0, 0.1) is 0 Å². The van der Waals surface area contributed by atoms with Gasteiger partial charge in [-0.25, -0.2) is 0 Å². The zero-order valence-electron chi connectivity index (χ0n) is 9.14. The Morgan fingerprint density at radius 2 is 1.21 bits per heavy atom. The fourth-order valence-corrected chi connectivity index (χ4v) is 2.22. The van der Waals surface area contributed by atoms with Crippen molar-refractivity contribution in [2.75, 3.05) is 0 Å². The van der Waals surface area contributed by atoms with E-state index in [1.54, 1.807) is 12.7 Å². The molecule has 2 aromatic heterocycles. The van der Waals surface area contributed by atoms with Crippen molar-refractivity contribution in [1.82, 2.24) is 9.97 Å². The van der Waals surface area contributed by atoms with Crippen LogP contribution in [0.3, 0.4) is 0 Å². The Morgan fingerprint density at radius 3 is 1.26 bits per heavy atom. The van der Waals surface area contributed by atoms with E-state index >= 15 is 0 Å². The van der Waals surface area contributed by atoms with Crippen molar-refractivity contribution in [3.8, 4) is 0 Å². The maximum atomic E-state index is 9.38. The van der Waals surface area contributed by atoms with E-state index in [4.69, 9.17) is 0 Å². The monoisotopic (exact) mass is 354 g/mol. The number of aromatic amines is 4.